The van der Waals surface area contributed by atoms with Crippen molar-refractivity contribution in [3.05, 3.63) is 58.1 Å². The van der Waals surface area contributed by atoms with Crippen molar-refractivity contribution in [1.29, 1.82) is 0 Å². The van der Waals surface area contributed by atoms with Crippen molar-refractivity contribution in [2.75, 3.05) is 33.4 Å². The van der Waals surface area contributed by atoms with Crippen molar-refractivity contribution < 1.29 is 22.7 Å². The van der Waals surface area contributed by atoms with Gasteiger partial charge < -0.3 is 14.8 Å². The highest BCUT2D eigenvalue weighted by molar-refractivity contribution is 7.88. The summed E-state index contributed by atoms with van der Waals surface area (Å²) in [7, 11) is -2.04. The van der Waals surface area contributed by atoms with E-state index in [0.29, 0.717) is 59.6 Å². The smallest absolute Gasteiger partial charge is 0.224 e. The summed E-state index contributed by atoms with van der Waals surface area (Å²) in [5, 5.41) is 3.59. The average molecular weight is 501 g/mol. The van der Waals surface area contributed by atoms with Crippen molar-refractivity contribution in [1.82, 2.24) is 9.62 Å². The zero-order valence-corrected chi connectivity index (χ0v) is 20.0. The lowest BCUT2D eigenvalue weighted by molar-refractivity contribution is -0.126. The van der Waals surface area contributed by atoms with Gasteiger partial charge in [-0.05, 0) is 42.7 Å². The Bertz CT molecular complexity index is 1050. The number of sulfonamides is 1. The van der Waals surface area contributed by atoms with Gasteiger partial charge in [-0.3, -0.25) is 4.79 Å². The van der Waals surface area contributed by atoms with E-state index >= 15 is 0 Å². The van der Waals surface area contributed by atoms with E-state index in [-0.39, 0.29) is 18.2 Å². The number of rotatable bonds is 9. The monoisotopic (exact) mass is 500 g/mol. The summed E-state index contributed by atoms with van der Waals surface area (Å²) >= 11 is 12.0. The first-order chi connectivity index (χ1) is 15.3. The van der Waals surface area contributed by atoms with Crippen LogP contribution in [0.2, 0.25) is 10.0 Å². The maximum atomic E-state index is 12.9. The van der Waals surface area contributed by atoms with E-state index in [1.165, 1.54) is 10.4 Å². The van der Waals surface area contributed by atoms with Gasteiger partial charge in [0.2, 0.25) is 15.9 Å². The maximum Gasteiger partial charge on any atom is 0.224 e. The molecule has 0 spiro atoms. The molecule has 0 bridgehead atoms. The largest absolute Gasteiger partial charge is 0.497 e. The molecule has 1 N–H and O–H groups in total. The molecule has 1 aliphatic heterocycles. The molecule has 0 saturated carbocycles. The summed E-state index contributed by atoms with van der Waals surface area (Å²) in [5.74, 6) is 0.523. The number of nitrogens with zero attached hydrogens (tertiary/aromatic N) is 1. The van der Waals surface area contributed by atoms with Crippen molar-refractivity contribution in [2.45, 2.75) is 18.6 Å². The summed E-state index contributed by atoms with van der Waals surface area (Å²) in [6.07, 6.45) is 1.25. The molecule has 1 aliphatic rings. The molecule has 0 aromatic heterocycles. The number of piperidine rings is 1. The van der Waals surface area contributed by atoms with Gasteiger partial charge in [0.05, 0.1) is 25.3 Å². The maximum absolute atomic E-state index is 12.9. The number of nitrogens with one attached hydrogen (secondary N) is 1. The summed E-state index contributed by atoms with van der Waals surface area (Å²) in [4.78, 5) is 12.6. The van der Waals surface area contributed by atoms with Crippen LogP contribution in [0.15, 0.2) is 42.5 Å². The van der Waals surface area contributed by atoms with Crippen molar-refractivity contribution in [3.63, 3.8) is 0 Å². The van der Waals surface area contributed by atoms with Gasteiger partial charge in [-0.1, -0.05) is 35.3 Å². The predicted molar refractivity (Wildman–Crippen MR) is 125 cm³/mol. The van der Waals surface area contributed by atoms with Crippen LogP contribution in [0.3, 0.4) is 0 Å². The fourth-order valence-corrected chi connectivity index (χ4v) is 5.71. The first-order valence-corrected chi connectivity index (χ1v) is 12.6. The highest BCUT2D eigenvalue weighted by atomic mass is 35.5. The lowest BCUT2D eigenvalue weighted by atomic mass is 9.99. The fourth-order valence-electron chi connectivity index (χ4n) is 3.51. The molecule has 1 saturated heterocycles. The highest BCUT2D eigenvalue weighted by Crippen LogP contribution is 2.26. The van der Waals surface area contributed by atoms with Crippen LogP contribution in [0, 0.1) is 5.92 Å². The predicted octanol–water partition coefficient (Wildman–Crippen LogP) is 3.74. The Labute approximate surface area is 198 Å². The second kappa shape index (κ2) is 11.2. The van der Waals surface area contributed by atoms with Crippen molar-refractivity contribution in [3.8, 4) is 11.5 Å². The molecule has 1 amide bonds. The van der Waals surface area contributed by atoms with E-state index in [4.69, 9.17) is 32.7 Å². The molecule has 0 aliphatic carbocycles. The lowest BCUT2D eigenvalue weighted by Gasteiger charge is -2.31. The molecular formula is C22H26Cl2N2O5S. The number of hydrogen-bond donors (Lipinski definition) is 1. The van der Waals surface area contributed by atoms with E-state index in [0.717, 1.165) is 0 Å². The Hall–Kier alpha value is -2.00. The first-order valence-electron chi connectivity index (χ1n) is 10.2. The number of carbonyl (C=O) groups excluding carboxylic acids is 1. The van der Waals surface area contributed by atoms with Crippen LogP contribution in [0.1, 0.15) is 18.4 Å². The minimum atomic E-state index is -3.62. The third-order valence-corrected chi connectivity index (χ3v) is 7.59. The van der Waals surface area contributed by atoms with E-state index < -0.39 is 15.9 Å². The second-order valence-electron chi connectivity index (χ2n) is 7.51. The SMILES string of the molecule is COc1cccc(OCCNC(=O)C2CCCN(S(=O)(=O)Cc3ccc(Cl)cc3Cl)C2)c1. The molecule has 32 heavy (non-hydrogen) atoms. The van der Waals surface area contributed by atoms with Crippen LogP contribution >= 0.6 is 23.2 Å². The molecule has 0 radical (unpaired) electrons. The van der Waals surface area contributed by atoms with Gasteiger partial charge in [-0.15, -0.1) is 0 Å². The molecule has 3 rings (SSSR count). The molecule has 10 heteroatoms. The van der Waals surface area contributed by atoms with Gasteiger partial charge in [0.1, 0.15) is 18.1 Å². The van der Waals surface area contributed by atoms with Crippen LogP contribution in [0.4, 0.5) is 0 Å². The molecule has 1 fully saturated rings. The van der Waals surface area contributed by atoms with E-state index in [1.807, 2.05) is 12.1 Å². The summed E-state index contributed by atoms with van der Waals surface area (Å²) in [6, 6.07) is 11.9. The normalized spacial score (nSPS) is 17.0. The minimum absolute atomic E-state index is 0.149. The Balaban J connectivity index is 1.50. The second-order valence-corrected chi connectivity index (χ2v) is 10.3. The highest BCUT2D eigenvalue weighted by Gasteiger charge is 2.32. The van der Waals surface area contributed by atoms with Gasteiger partial charge in [-0.2, -0.15) is 0 Å². The summed E-state index contributed by atoms with van der Waals surface area (Å²) in [5.41, 5.74) is 0.484. The van der Waals surface area contributed by atoms with Crippen LogP contribution in [0.5, 0.6) is 11.5 Å². The number of hydrogen-bond acceptors (Lipinski definition) is 5. The van der Waals surface area contributed by atoms with Crippen molar-refractivity contribution >= 4 is 39.1 Å². The number of benzene rings is 2. The zero-order valence-electron chi connectivity index (χ0n) is 17.7. The van der Waals surface area contributed by atoms with Crippen LogP contribution < -0.4 is 14.8 Å². The lowest BCUT2D eigenvalue weighted by Crippen LogP contribution is -2.46. The van der Waals surface area contributed by atoms with Gasteiger partial charge >= 0.3 is 0 Å². The topological polar surface area (TPSA) is 84.9 Å². The molecule has 1 unspecified atom stereocenters. The molecule has 2 aromatic rings. The van der Waals surface area contributed by atoms with E-state index in [9.17, 15) is 13.2 Å². The molecular weight excluding hydrogens is 475 g/mol. The number of ether oxygens (including phenoxy) is 2. The van der Waals surface area contributed by atoms with Crippen molar-refractivity contribution in [2.24, 2.45) is 5.92 Å². The first kappa shape index (κ1) is 24.6. The fraction of sp³-hybridized carbons (Fsp3) is 0.409. The number of carbonyl (C=O) groups is 1. The van der Waals surface area contributed by atoms with Gasteiger partial charge in [0.15, 0.2) is 0 Å². The standard InChI is InChI=1S/C22H26Cl2N2O5S/c1-30-19-5-2-6-20(13-19)31-11-9-25-22(27)16-4-3-10-26(14-16)32(28,29)15-17-7-8-18(23)12-21(17)24/h2,5-8,12-13,16H,3-4,9-11,14-15H2,1H3,(H,25,27). The molecule has 2 aromatic carbocycles. The average Bonchev–Trinajstić information content (AvgIpc) is 2.78. The number of halogens is 2. The van der Waals surface area contributed by atoms with Crippen LogP contribution in [0.25, 0.3) is 0 Å². The van der Waals surface area contributed by atoms with E-state index in [1.54, 1.807) is 31.4 Å². The summed E-state index contributed by atoms with van der Waals surface area (Å²) < 4.78 is 38.0. The minimum Gasteiger partial charge on any atom is -0.497 e. The number of amides is 1. The van der Waals surface area contributed by atoms with Gasteiger partial charge in [-0.25, -0.2) is 12.7 Å². The Kier molecular flexibility index (Phi) is 8.64. The van der Waals surface area contributed by atoms with Gasteiger partial charge in [0, 0.05) is 29.2 Å². The Morgan fingerprint density at radius 3 is 2.72 bits per heavy atom. The molecule has 174 valence electrons. The Morgan fingerprint density at radius 2 is 1.97 bits per heavy atom. The number of methoxy groups -OCH3 is 1. The zero-order chi connectivity index (χ0) is 23.1. The van der Waals surface area contributed by atoms with E-state index in [2.05, 4.69) is 5.32 Å². The third kappa shape index (κ3) is 6.75. The third-order valence-electron chi connectivity index (χ3n) is 5.21. The molecule has 1 heterocycles. The van der Waals surface area contributed by atoms with Gasteiger partial charge in [0.25, 0.3) is 0 Å². The quantitative estimate of drug-likeness (QED) is 0.530. The molecule has 7 nitrogen and oxygen atoms in total. The molecule has 1 atom stereocenters. The van der Waals surface area contributed by atoms with Crippen LogP contribution in [-0.2, 0) is 20.6 Å². The summed E-state index contributed by atoms with van der Waals surface area (Å²) in [6.45, 7) is 1.15. The van der Waals surface area contributed by atoms with Crippen LogP contribution in [-0.4, -0.2) is 52.0 Å². The Morgan fingerprint density at radius 1 is 1.19 bits per heavy atom.